The molecule has 0 saturated heterocycles. The molecule has 0 heterocycles. The Morgan fingerprint density at radius 3 is 1.72 bits per heavy atom. The summed E-state index contributed by atoms with van der Waals surface area (Å²) in [6.45, 7) is 8.41. The summed E-state index contributed by atoms with van der Waals surface area (Å²) in [5.74, 6) is 0.994. The third-order valence-electron chi connectivity index (χ3n) is 7.89. The van der Waals surface area contributed by atoms with Crippen molar-refractivity contribution in [2.24, 2.45) is 0 Å². The minimum atomic E-state index is -0.567. The van der Waals surface area contributed by atoms with Crippen molar-refractivity contribution in [2.75, 3.05) is 14.2 Å². The fraction of sp³-hybridized carbons (Fsp3) is 0.625. The van der Waals surface area contributed by atoms with Crippen LogP contribution in [0.4, 0.5) is 0 Å². The molecule has 2 atom stereocenters. The van der Waals surface area contributed by atoms with Gasteiger partial charge in [-0.05, 0) is 67.2 Å². The van der Waals surface area contributed by atoms with Gasteiger partial charge in [-0.15, -0.1) is 0 Å². The van der Waals surface area contributed by atoms with Gasteiger partial charge in [-0.1, -0.05) is 123 Å². The number of benzene rings is 2. The van der Waals surface area contributed by atoms with E-state index < -0.39 is 6.10 Å². The monoisotopic (exact) mass is 658 g/mol. The number of rotatable bonds is 23. The number of hydrogen-bond donors (Lipinski definition) is 4. The first kappa shape index (κ1) is 44.0. The number of hydrogen-bond acceptors (Lipinski definition) is 7. The first-order chi connectivity index (χ1) is 22.7. The Morgan fingerprint density at radius 2 is 1.17 bits per heavy atom. The van der Waals surface area contributed by atoms with E-state index in [1.54, 1.807) is 31.4 Å². The van der Waals surface area contributed by atoms with Crippen molar-refractivity contribution >= 4 is 11.9 Å². The number of carbonyl (C=O) groups is 1. The van der Waals surface area contributed by atoms with E-state index in [-0.39, 0.29) is 29.8 Å². The van der Waals surface area contributed by atoms with Gasteiger partial charge in [0, 0.05) is 6.42 Å². The van der Waals surface area contributed by atoms with Crippen LogP contribution in [0.2, 0.25) is 0 Å². The van der Waals surface area contributed by atoms with Gasteiger partial charge in [0.05, 0.1) is 26.4 Å². The molecular formula is C40H66O7. The molecule has 0 amide bonds. The molecule has 0 aromatic heterocycles. The van der Waals surface area contributed by atoms with Crippen LogP contribution in [-0.4, -0.2) is 52.6 Å². The van der Waals surface area contributed by atoms with Crippen LogP contribution >= 0.6 is 0 Å². The number of carbonyl (C=O) groups excluding carboxylic acids is 1. The molecule has 0 spiro atoms. The summed E-state index contributed by atoms with van der Waals surface area (Å²) in [6, 6.07) is 10.3. The number of aryl methyl sites for hydroxylation is 1. The van der Waals surface area contributed by atoms with Crippen LogP contribution in [0.1, 0.15) is 142 Å². The first-order valence-electron chi connectivity index (χ1n) is 18.0. The van der Waals surface area contributed by atoms with Crippen LogP contribution in [0.3, 0.4) is 0 Å². The SMILES string of the molecule is CC.CCCCCCCC(O)CC(=O)/C=C/c1ccc(O)c(OC)c1.CCCCCCCCCC(O)CCc1ccc(O)c(OC)c1. The summed E-state index contributed by atoms with van der Waals surface area (Å²) in [5.41, 5.74) is 1.86. The van der Waals surface area contributed by atoms with E-state index >= 15 is 0 Å². The molecule has 0 aliphatic heterocycles. The molecule has 47 heavy (non-hydrogen) atoms. The minimum Gasteiger partial charge on any atom is -0.504 e. The van der Waals surface area contributed by atoms with Crippen molar-refractivity contribution in [1.82, 2.24) is 0 Å². The summed E-state index contributed by atoms with van der Waals surface area (Å²) in [6.07, 6.45) is 20.3. The maximum atomic E-state index is 11.9. The van der Waals surface area contributed by atoms with Gasteiger partial charge in [0.1, 0.15) is 0 Å². The molecule has 2 aromatic rings. The highest BCUT2D eigenvalue weighted by Gasteiger charge is 2.09. The molecule has 268 valence electrons. The standard InChI is InChI=1S/C19H28O4.C19H32O3.C2H6/c1-3-4-5-6-7-8-16(20)14-17(21)11-9-15-10-12-18(22)19(13-15)23-2;1-3-4-5-6-7-8-9-10-17(20)13-11-16-12-14-18(21)19(15-16)22-2;1-2/h9-13,16,20,22H,3-8,14H2,1-2H3;12,14-15,17,20-21H,3-11,13H2,1-2H3;1-2H3/b11-9+;;. The van der Waals surface area contributed by atoms with E-state index in [2.05, 4.69) is 13.8 Å². The highest BCUT2D eigenvalue weighted by molar-refractivity contribution is 5.93. The molecule has 0 fully saturated rings. The van der Waals surface area contributed by atoms with Gasteiger partial charge in [0.15, 0.2) is 28.8 Å². The lowest BCUT2D eigenvalue weighted by Crippen LogP contribution is -2.11. The molecule has 2 aromatic carbocycles. The van der Waals surface area contributed by atoms with Crippen LogP contribution < -0.4 is 9.47 Å². The van der Waals surface area contributed by atoms with Crippen molar-refractivity contribution in [1.29, 1.82) is 0 Å². The van der Waals surface area contributed by atoms with E-state index in [0.29, 0.717) is 17.9 Å². The van der Waals surface area contributed by atoms with Crippen molar-refractivity contribution in [2.45, 2.75) is 149 Å². The molecular weight excluding hydrogens is 592 g/mol. The summed E-state index contributed by atoms with van der Waals surface area (Å²) in [7, 11) is 3.03. The fourth-order valence-corrected chi connectivity index (χ4v) is 5.07. The van der Waals surface area contributed by atoms with E-state index in [1.807, 2.05) is 26.0 Å². The number of ether oxygens (including phenoxy) is 2. The van der Waals surface area contributed by atoms with Crippen molar-refractivity contribution in [3.63, 3.8) is 0 Å². The molecule has 2 unspecified atom stereocenters. The number of allylic oxidation sites excluding steroid dienone is 1. The van der Waals surface area contributed by atoms with E-state index in [9.17, 15) is 25.2 Å². The molecule has 7 nitrogen and oxygen atoms in total. The summed E-state index contributed by atoms with van der Waals surface area (Å²) >= 11 is 0. The van der Waals surface area contributed by atoms with Gasteiger partial charge in [0.25, 0.3) is 0 Å². The highest BCUT2D eigenvalue weighted by atomic mass is 16.5. The molecule has 0 aliphatic carbocycles. The topological polar surface area (TPSA) is 116 Å². The van der Waals surface area contributed by atoms with Gasteiger partial charge in [-0.3, -0.25) is 4.79 Å². The Labute approximate surface area is 286 Å². The second-order valence-corrected chi connectivity index (χ2v) is 11.9. The number of unbranched alkanes of at least 4 members (excludes halogenated alkanes) is 10. The minimum absolute atomic E-state index is 0.0643. The summed E-state index contributed by atoms with van der Waals surface area (Å²) in [5, 5.41) is 39.0. The molecule has 2 rings (SSSR count). The lowest BCUT2D eigenvalue weighted by molar-refractivity contribution is -0.116. The molecule has 7 heteroatoms. The highest BCUT2D eigenvalue weighted by Crippen LogP contribution is 2.28. The van der Waals surface area contributed by atoms with E-state index in [0.717, 1.165) is 49.7 Å². The third kappa shape index (κ3) is 22.2. The Hall–Kier alpha value is -3.03. The number of phenols is 2. The van der Waals surface area contributed by atoms with Crippen molar-refractivity contribution < 1.29 is 34.7 Å². The normalized spacial score (nSPS) is 12.0. The number of aromatic hydroxyl groups is 2. The predicted molar refractivity (Wildman–Crippen MR) is 196 cm³/mol. The van der Waals surface area contributed by atoms with Gasteiger partial charge in [0.2, 0.25) is 0 Å². The average Bonchev–Trinajstić information content (AvgIpc) is 3.08. The largest absolute Gasteiger partial charge is 0.504 e. The zero-order valence-electron chi connectivity index (χ0n) is 30.3. The first-order valence-corrected chi connectivity index (χ1v) is 18.0. The van der Waals surface area contributed by atoms with Gasteiger partial charge in [-0.25, -0.2) is 0 Å². The Kier molecular flexibility index (Phi) is 27.3. The summed E-state index contributed by atoms with van der Waals surface area (Å²) in [4.78, 5) is 11.9. The molecule has 0 bridgehead atoms. The van der Waals surface area contributed by atoms with Crippen LogP contribution in [0.25, 0.3) is 6.08 Å². The second-order valence-electron chi connectivity index (χ2n) is 11.9. The quantitative estimate of drug-likeness (QED) is 0.0694. The lowest BCUT2D eigenvalue weighted by Gasteiger charge is -2.11. The van der Waals surface area contributed by atoms with Crippen molar-refractivity contribution in [3.05, 3.63) is 53.6 Å². The number of ketones is 1. The maximum Gasteiger partial charge on any atom is 0.161 e. The van der Waals surface area contributed by atoms with E-state index in [4.69, 9.17) is 9.47 Å². The number of methoxy groups -OCH3 is 2. The second kappa shape index (κ2) is 29.1. The molecule has 0 saturated carbocycles. The molecule has 0 aliphatic rings. The van der Waals surface area contributed by atoms with Gasteiger partial charge >= 0.3 is 0 Å². The zero-order chi connectivity index (χ0) is 35.3. The summed E-state index contributed by atoms with van der Waals surface area (Å²) < 4.78 is 10.1. The van der Waals surface area contributed by atoms with E-state index in [1.165, 1.54) is 77.0 Å². The van der Waals surface area contributed by atoms with Crippen LogP contribution in [0, 0.1) is 0 Å². The van der Waals surface area contributed by atoms with Crippen LogP contribution in [0.15, 0.2) is 42.5 Å². The predicted octanol–water partition coefficient (Wildman–Crippen LogP) is 9.96. The van der Waals surface area contributed by atoms with Crippen LogP contribution in [0.5, 0.6) is 23.0 Å². The average molecular weight is 659 g/mol. The smallest absolute Gasteiger partial charge is 0.161 e. The fourth-order valence-electron chi connectivity index (χ4n) is 5.07. The lowest BCUT2D eigenvalue weighted by atomic mass is 10.0. The Morgan fingerprint density at radius 1 is 0.681 bits per heavy atom. The van der Waals surface area contributed by atoms with Gasteiger partial charge in [-0.2, -0.15) is 0 Å². The van der Waals surface area contributed by atoms with Crippen molar-refractivity contribution in [3.8, 4) is 23.0 Å². The van der Waals surface area contributed by atoms with Gasteiger partial charge < -0.3 is 29.9 Å². The van der Waals surface area contributed by atoms with Crippen LogP contribution in [-0.2, 0) is 11.2 Å². The number of aliphatic hydroxyl groups excluding tert-OH is 2. The number of aliphatic hydroxyl groups is 2. The number of phenolic OH excluding ortho intramolecular Hbond substituents is 2. The maximum absolute atomic E-state index is 11.9. The molecule has 4 N–H and O–H groups in total. The molecule has 0 radical (unpaired) electrons. The third-order valence-corrected chi connectivity index (χ3v) is 7.89. The Balaban J connectivity index is 0.000000856. The zero-order valence-corrected chi connectivity index (χ0v) is 30.3. The Bertz CT molecular complexity index is 1080.